The van der Waals surface area contributed by atoms with Gasteiger partial charge in [-0.15, -0.1) is 0 Å². The highest BCUT2D eigenvalue weighted by atomic mass is 16.5. The molecule has 0 N–H and O–H groups in total. The van der Waals surface area contributed by atoms with E-state index in [0.717, 1.165) is 67.7 Å². The van der Waals surface area contributed by atoms with E-state index in [1.54, 1.807) is 0 Å². The maximum absolute atomic E-state index is 13.4. The van der Waals surface area contributed by atoms with Crippen LogP contribution in [0.4, 0.5) is 0 Å². The van der Waals surface area contributed by atoms with Crippen LogP contribution in [0.25, 0.3) is 10.9 Å². The fourth-order valence-electron chi connectivity index (χ4n) is 5.13. The molecule has 2 saturated heterocycles. The topological polar surface area (TPSA) is 45.7 Å². The maximum atomic E-state index is 13.4. The molecule has 1 aliphatic carbocycles. The number of carbonyl (C=O) groups excluding carboxylic acids is 1. The van der Waals surface area contributed by atoms with Crippen molar-refractivity contribution in [3.05, 3.63) is 36.0 Å². The first-order valence-electron chi connectivity index (χ1n) is 10.8. The smallest absolute Gasteiger partial charge is 0.243 e. The number of hydrogen-bond acceptors (Lipinski definition) is 4. The van der Waals surface area contributed by atoms with Gasteiger partial charge in [-0.25, -0.2) is 0 Å². The molecule has 1 spiro atoms. The average molecular weight is 380 g/mol. The second-order valence-electron chi connectivity index (χ2n) is 8.48. The molecule has 3 heterocycles. The van der Waals surface area contributed by atoms with Gasteiger partial charge in [0.2, 0.25) is 5.91 Å². The summed E-state index contributed by atoms with van der Waals surface area (Å²) in [5.74, 6) is 1.27. The van der Waals surface area contributed by atoms with E-state index in [9.17, 15) is 4.79 Å². The summed E-state index contributed by atoms with van der Waals surface area (Å²) in [5, 5.41) is 1.10. The molecule has 1 saturated carbocycles. The highest BCUT2D eigenvalue weighted by Gasteiger charge is 2.53. The molecular weight excluding hydrogens is 350 g/mol. The summed E-state index contributed by atoms with van der Waals surface area (Å²) >= 11 is 0. The minimum absolute atomic E-state index is 0.281. The quantitative estimate of drug-likeness (QED) is 0.794. The SMILES string of the molecule is CCOc1ccc2nc(CN3CCCC34CCCN(C3CC3)C4=O)ccc2c1. The molecule has 148 valence electrons. The van der Waals surface area contributed by atoms with Crippen LogP contribution >= 0.6 is 0 Å². The van der Waals surface area contributed by atoms with Crippen LogP contribution in [-0.2, 0) is 11.3 Å². The molecule has 3 aliphatic rings. The lowest BCUT2D eigenvalue weighted by Crippen LogP contribution is -2.60. The number of amides is 1. The van der Waals surface area contributed by atoms with Crippen molar-refractivity contribution in [3.63, 3.8) is 0 Å². The fourth-order valence-corrected chi connectivity index (χ4v) is 5.13. The van der Waals surface area contributed by atoms with Gasteiger partial charge in [0.25, 0.3) is 0 Å². The van der Waals surface area contributed by atoms with E-state index in [1.807, 2.05) is 25.1 Å². The van der Waals surface area contributed by atoms with Gasteiger partial charge in [0.15, 0.2) is 0 Å². The molecular formula is C23H29N3O2. The fraction of sp³-hybridized carbons (Fsp3) is 0.565. The Kier molecular flexibility index (Phi) is 4.50. The van der Waals surface area contributed by atoms with Gasteiger partial charge in [0.1, 0.15) is 11.3 Å². The van der Waals surface area contributed by atoms with Crippen molar-refractivity contribution in [1.82, 2.24) is 14.8 Å². The lowest BCUT2D eigenvalue weighted by molar-refractivity contribution is -0.148. The predicted octanol–water partition coefficient (Wildman–Crippen LogP) is 3.75. The maximum Gasteiger partial charge on any atom is 0.243 e. The number of ether oxygens (including phenoxy) is 1. The molecule has 1 aromatic heterocycles. The summed E-state index contributed by atoms with van der Waals surface area (Å²) < 4.78 is 5.60. The summed E-state index contributed by atoms with van der Waals surface area (Å²) in [6.07, 6.45) is 6.62. The summed E-state index contributed by atoms with van der Waals surface area (Å²) in [6, 6.07) is 10.8. The highest BCUT2D eigenvalue weighted by Crippen LogP contribution is 2.42. The van der Waals surface area contributed by atoms with Gasteiger partial charge in [-0.05, 0) is 76.3 Å². The van der Waals surface area contributed by atoms with Crippen LogP contribution in [0.2, 0.25) is 0 Å². The summed E-state index contributed by atoms with van der Waals surface area (Å²) in [6.45, 7) is 5.37. The molecule has 5 rings (SSSR count). The van der Waals surface area contributed by atoms with E-state index >= 15 is 0 Å². The third kappa shape index (κ3) is 3.06. The molecule has 28 heavy (non-hydrogen) atoms. The van der Waals surface area contributed by atoms with Crippen LogP contribution in [0.3, 0.4) is 0 Å². The Morgan fingerprint density at radius 1 is 1.14 bits per heavy atom. The number of rotatable bonds is 5. The number of pyridine rings is 1. The number of fused-ring (bicyclic) bond motifs is 1. The van der Waals surface area contributed by atoms with E-state index in [2.05, 4.69) is 21.9 Å². The Bertz CT molecular complexity index is 895. The zero-order valence-corrected chi connectivity index (χ0v) is 16.7. The number of benzene rings is 1. The van der Waals surface area contributed by atoms with E-state index in [1.165, 1.54) is 12.8 Å². The summed E-state index contributed by atoms with van der Waals surface area (Å²) in [7, 11) is 0. The van der Waals surface area contributed by atoms with Crippen molar-refractivity contribution in [2.24, 2.45) is 0 Å². The average Bonchev–Trinajstić information content (AvgIpc) is 3.47. The van der Waals surface area contributed by atoms with Crippen LogP contribution in [0.1, 0.15) is 51.1 Å². The molecule has 5 nitrogen and oxygen atoms in total. The molecule has 5 heteroatoms. The Morgan fingerprint density at radius 2 is 1.96 bits per heavy atom. The third-order valence-electron chi connectivity index (χ3n) is 6.64. The molecule has 1 amide bonds. The van der Waals surface area contributed by atoms with Gasteiger partial charge in [0.05, 0.1) is 17.8 Å². The first-order valence-corrected chi connectivity index (χ1v) is 10.8. The standard InChI is InChI=1S/C23H29N3O2/c1-2-28-20-9-10-21-17(15-20)5-6-18(24-21)16-25-13-3-11-23(25)12-4-14-26(22(23)27)19-7-8-19/h5-6,9-10,15,19H,2-4,7-8,11-14,16H2,1H3. The third-order valence-corrected chi connectivity index (χ3v) is 6.64. The van der Waals surface area contributed by atoms with Crippen LogP contribution < -0.4 is 4.74 Å². The lowest BCUT2D eigenvalue weighted by Gasteiger charge is -2.44. The number of piperidine rings is 1. The number of aromatic nitrogens is 1. The van der Waals surface area contributed by atoms with Crippen molar-refractivity contribution in [1.29, 1.82) is 0 Å². The van der Waals surface area contributed by atoms with Gasteiger partial charge in [-0.2, -0.15) is 0 Å². The monoisotopic (exact) mass is 379 g/mol. The Balaban J connectivity index is 1.38. The number of hydrogen-bond donors (Lipinski definition) is 0. The van der Waals surface area contributed by atoms with Gasteiger partial charge in [0, 0.05) is 24.5 Å². The molecule has 0 bridgehead atoms. The summed E-state index contributed by atoms with van der Waals surface area (Å²) in [4.78, 5) is 22.9. The second-order valence-corrected chi connectivity index (χ2v) is 8.48. The van der Waals surface area contributed by atoms with E-state index < -0.39 is 0 Å². The highest BCUT2D eigenvalue weighted by molar-refractivity contribution is 5.88. The number of nitrogens with zero attached hydrogens (tertiary/aromatic N) is 3. The zero-order chi connectivity index (χ0) is 19.1. The normalized spacial score (nSPS) is 25.8. The minimum Gasteiger partial charge on any atom is -0.494 e. The Hall–Kier alpha value is -2.14. The lowest BCUT2D eigenvalue weighted by atomic mass is 9.85. The van der Waals surface area contributed by atoms with Crippen molar-refractivity contribution in [3.8, 4) is 5.75 Å². The predicted molar refractivity (Wildman–Crippen MR) is 109 cm³/mol. The molecule has 1 atom stereocenters. The van der Waals surface area contributed by atoms with Crippen LogP contribution in [0.5, 0.6) is 5.75 Å². The minimum atomic E-state index is -0.281. The van der Waals surface area contributed by atoms with Gasteiger partial charge < -0.3 is 9.64 Å². The Morgan fingerprint density at radius 3 is 2.75 bits per heavy atom. The van der Waals surface area contributed by atoms with Crippen LogP contribution in [0.15, 0.2) is 30.3 Å². The van der Waals surface area contributed by atoms with Crippen molar-refractivity contribution >= 4 is 16.8 Å². The first kappa shape index (κ1) is 17.9. The molecule has 3 fully saturated rings. The zero-order valence-electron chi connectivity index (χ0n) is 16.7. The van der Waals surface area contributed by atoms with Crippen molar-refractivity contribution in [2.75, 3.05) is 19.7 Å². The first-order chi connectivity index (χ1) is 13.7. The van der Waals surface area contributed by atoms with E-state index in [4.69, 9.17) is 9.72 Å². The Labute approximate surface area is 166 Å². The molecule has 1 aromatic carbocycles. The van der Waals surface area contributed by atoms with E-state index in [0.29, 0.717) is 18.6 Å². The molecule has 2 aliphatic heterocycles. The van der Waals surface area contributed by atoms with Crippen molar-refractivity contribution < 1.29 is 9.53 Å². The van der Waals surface area contributed by atoms with Crippen LogP contribution in [0, 0.1) is 0 Å². The van der Waals surface area contributed by atoms with Gasteiger partial charge in [-0.3, -0.25) is 14.7 Å². The molecule has 1 unspecified atom stereocenters. The molecule has 2 aromatic rings. The van der Waals surface area contributed by atoms with E-state index in [-0.39, 0.29) is 5.54 Å². The molecule has 0 radical (unpaired) electrons. The van der Waals surface area contributed by atoms with Gasteiger partial charge in [-0.1, -0.05) is 6.07 Å². The van der Waals surface area contributed by atoms with Crippen LogP contribution in [-0.4, -0.2) is 52.0 Å². The van der Waals surface area contributed by atoms with Crippen molar-refractivity contribution in [2.45, 2.75) is 63.6 Å². The van der Waals surface area contributed by atoms with Gasteiger partial charge >= 0.3 is 0 Å². The largest absolute Gasteiger partial charge is 0.494 e. The second kappa shape index (κ2) is 7.03. The summed E-state index contributed by atoms with van der Waals surface area (Å²) in [5.41, 5.74) is 1.76. The number of likely N-dealkylation sites (tertiary alicyclic amines) is 2. The number of carbonyl (C=O) groups is 1.